The molecule has 11 heteroatoms. The van der Waals surface area contributed by atoms with E-state index in [9.17, 15) is 10.2 Å². The highest BCUT2D eigenvalue weighted by molar-refractivity contribution is 5.83. The maximum Gasteiger partial charge on any atom is 0.227 e. The molecular formula is C26H32N8O3. The molecular weight excluding hydrogens is 472 g/mol. The predicted molar refractivity (Wildman–Crippen MR) is 138 cm³/mol. The molecule has 6 rings (SSSR count). The maximum atomic E-state index is 10.9. The number of anilines is 2. The molecule has 37 heavy (non-hydrogen) atoms. The van der Waals surface area contributed by atoms with Gasteiger partial charge in [-0.05, 0) is 43.7 Å². The number of fused-ring (bicyclic) bond motifs is 1. The van der Waals surface area contributed by atoms with E-state index in [1.165, 1.54) is 0 Å². The van der Waals surface area contributed by atoms with Crippen molar-refractivity contribution in [1.82, 2.24) is 29.3 Å². The molecule has 0 amide bonds. The largest absolute Gasteiger partial charge is 0.388 e. The summed E-state index contributed by atoms with van der Waals surface area (Å²) < 4.78 is 9.74. The smallest absolute Gasteiger partial charge is 0.227 e. The first-order valence-electron chi connectivity index (χ1n) is 12.8. The van der Waals surface area contributed by atoms with Gasteiger partial charge in [-0.1, -0.05) is 30.3 Å². The zero-order valence-electron chi connectivity index (χ0n) is 20.7. The van der Waals surface area contributed by atoms with Crippen LogP contribution in [0.25, 0.3) is 11.2 Å². The summed E-state index contributed by atoms with van der Waals surface area (Å²) in [5.41, 5.74) is 9.39. The average molecular weight is 505 g/mol. The first-order chi connectivity index (χ1) is 18.0. The third-order valence-electron chi connectivity index (χ3n) is 7.57. The molecule has 0 saturated heterocycles. The molecule has 3 heterocycles. The van der Waals surface area contributed by atoms with Crippen LogP contribution in [0.1, 0.15) is 48.9 Å². The number of hydrogen-bond donors (Lipinski definition) is 4. The molecule has 194 valence electrons. The molecule has 4 aromatic rings. The number of aliphatic hydroxyl groups is 2. The highest BCUT2D eigenvalue weighted by atomic mass is 16.5. The number of imidazole rings is 1. The Morgan fingerprint density at radius 3 is 2.70 bits per heavy atom. The molecule has 2 aliphatic rings. The predicted octanol–water partition coefficient (Wildman–Crippen LogP) is 2.37. The summed E-state index contributed by atoms with van der Waals surface area (Å²) in [7, 11) is 0. The van der Waals surface area contributed by atoms with Crippen LogP contribution in [0.2, 0.25) is 0 Å². The fraction of sp³-hybridized carbons (Fsp3) is 0.462. The van der Waals surface area contributed by atoms with E-state index in [0.29, 0.717) is 30.1 Å². The summed E-state index contributed by atoms with van der Waals surface area (Å²) in [4.78, 5) is 13.6. The van der Waals surface area contributed by atoms with Gasteiger partial charge < -0.3 is 30.6 Å². The van der Waals surface area contributed by atoms with Gasteiger partial charge in [0.25, 0.3) is 0 Å². The van der Waals surface area contributed by atoms with Crippen LogP contribution in [0.3, 0.4) is 0 Å². The van der Waals surface area contributed by atoms with Gasteiger partial charge in [0.05, 0.1) is 43.4 Å². The summed E-state index contributed by atoms with van der Waals surface area (Å²) in [6, 6.07) is 9.39. The van der Waals surface area contributed by atoms with Crippen LogP contribution in [0, 0.1) is 6.92 Å². The van der Waals surface area contributed by atoms with Crippen molar-refractivity contribution in [1.29, 1.82) is 0 Å². The summed E-state index contributed by atoms with van der Waals surface area (Å²) in [6.07, 6.45) is 6.70. The zero-order chi connectivity index (χ0) is 25.5. The SMILES string of the molecule is Cc1cnn([C@H]2CC(n3cnc4c(N)nc(N[C@@H]5CCC[C@@H]5OCc5ccccc5)nc43)C(O)[C@@H]2O)c1. The Balaban J connectivity index is 1.22. The number of aliphatic hydroxyl groups excluding tert-OH is 2. The quantitative estimate of drug-likeness (QED) is 0.297. The number of nitrogens with zero attached hydrogens (tertiary/aromatic N) is 6. The number of nitrogen functional groups attached to an aromatic ring is 1. The lowest BCUT2D eigenvalue weighted by Crippen LogP contribution is -2.32. The highest BCUT2D eigenvalue weighted by Gasteiger charge is 2.44. The Labute approximate surface area is 214 Å². The van der Waals surface area contributed by atoms with Gasteiger partial charge in [0.2, 0.25) is 5.95 Å². The minimum atomic E-state index is -1.01. The number of ether oxygens (including phenoxy) is 1. The molecule has 2 fully saturated rings. The molecule has 1 aromatic carbocycles. The average Bonchev–Trinajstić information content (AvgIpc) is 3.68. The standard InChI is InChI=1S/C26H32N8O3/c1-15-11-29-34(12-15)19-10-18(22(35)23(19)36)33-14-28-21-24(27)31-26(32-25(21)33)30-17-8-5-9-20(17)37-13-16-6-3-2-4-7-16/h2-4,6-7,11-12,14,17-20,22-23,35-36H,5,8-10,13H2,1H3,(H3,27,30,31,32)/t17-,18?,19+,20+,22?,23-/m1/s1. The number of aryl methyl sites for hydroxylation is 1. The number of hydrogen-bond acceptors (Lipinski definition) is 9. The zero-order valence-corrected chi connectivity index (χ0v) is 20.7. The second-order valence-corrected chi connectivity index (χ2v) is 10.1. The van der Waals surface area contributed by atoms with Crippen molar-refractivity contribution in [3.05, 3.63) is 60.2 Å². The van der Waals surface area contributed by atoms with E-state index in [1.54, 1.807) is 21.8 Å². The lowest BCUT2D eigenvalue weighted by molar-refractivity contribution is 0.00722. The molecule has 6 atom stereocenters. The van der Waals surface area contributed by atoms with Crippen LogP contribution in [-0.2, 0) is 11.3 Å². The van der Waals surface area contributed by atoms with E-state index < -0.39 is 18.2 Å². The van der Waals surface area contributed by atoms with Crippen LogP contribution in [0.4, 0.5) is 11.8 Å². The van der Waals surface area contributed by atoms with E-state index >= 15 is 0 Å². The Hall–Kier alpha value is -3.54. The van der Waals surface area contributed by atoms with Crippen molar-refractivity contribution in [3.8, 4) is 0 Å². The molecule has 3 aromatic heterocycles. The molecule has 2 unspecified atom stereocenters. The molecule has 0 spiro atoms. The fourth-order valence-corrected chi connectivity index (χ4v) is 5.62. The van der Waals surface area contributed by atoms with Gasteiger partial charge >= 0.3 is 0 Å². The first-order valence-corrected chi connectivity index (χ1v) is 12.8. The molecule has 2 saturated carbocycles. The molecule has 0 radical (unpaired) electrons. The number of nitrogens with one attached hydrogen (secondary N) is 1. The van der Waals surface area contributed by atoms with Crippen LogP contribution in [0.15, 0.2) is 49.1 Å². The van der Waals surface area contributed by atoms with Gasteiger partial charge in [-0.3, -0.25) is 4.68 Å². The van der Waals surface area contributed by atoms with Gasteiger partial charge in [-0.2, -0.15) is 15.1 Å². The topological polar surface area (TPSA) is 149 Å². The Morgan fingerprint density at radius 2 is 1.92 bits per heavy atom. The van der Waals surface area contributed by atoms with Gasteiger partial charge in [0.15, 0.2) is 11.5 Å². The lowest BCUT2D eigenvalue weighted by atomic mass is 10.2. The van der Waals surface area contributed by atoms with Crippen LogP contribution in [0.5, 0.6) is 0 Å². The van der Waals surface area contributed by atoms with Crippen LogP contribution >= 0.6 is 0 Å². The molecule has 5 N–H and O–H groups in total. The van der Waals surface area contributed by atoms with Crippen molar-refractivity contribution in [2.24, 2.45) is 0 Å². The summed E-state index contributed by atoms with van der Waals surface area (Å²) >= 11 is 0. The number of rotatable bonds is 7. The van der Waals surface area contributed by atoms with Crippen molar-refractivity contribution >= 4 is 22.9 Å². The van der Waals surface area contributed by atoms with Crippen molar-refractivity contribution in [2.45, 2.75) is 75.7 Å². The Kier molecular flexibility index (Phi) is 6.27. The third-order valence-corrected chi connectivity index (χ3v) is 7.57. The monoisotopic (exact) mass is 504 g/mol. The second-order valence-electron chi connectivity index (χ2n) is 10.1. The van der Waals surface area contributed by atoms with Crippen molar-refractivity contribution in [2.75, 3.05) is 11.1 Å². The van der Waals surface area contributed by atoms with Gasteiger partial charge in [0, 0.05) is 6.20 Å². The maximum absolute atomic E-state index is 10.9. The van der Waals surface area contributed by atoms with E-state index in [1.807, 2.05) is 31.3 Å². The number of benzene rings is 1. The van der Waals surface area contributed by atoms with E-state index in [0.717, 1.165) is 30.4 Å². The summed E-state index contributed by atoms with van der Waals surface area (Å²) in [6.45, 7) is 2.50. The summed E-state index contributed by atoms with van der Waals surface area (Å²) in [5, 5.41) is 29.5. The van der Waals surface area contributed by atoms with E-state index in [-0.39, 0.29) is 24.0 Å². The van der Waals surface area contributed by atoms with E-state index in [4.69, 9.17) is 15.5 Å². The normalized spacial score (nSPS) is 27.8. The lowest BCUT2D eigenvalue weighted by Gasteiger charge is -2.22. The second kappa shape index (κ2) is 9.73. The van der Waals surface area contributed by atoms with Crippen LogP contribution < -0.4 is 11.1 Å². The first kappa shape index (κ1) is 23.8. The molecule has 2 aliphatic carbocycles. The Morgan fingerprint density at radius 1 is 1.11 bits per heavy atom. The highest BCUT2D eigenvalue weighted by Crippen LogP contribution is 2.40. The fourth-order valence-electron chi connectivity index (χ4n) is 5.62. The number of nitrogens with two attached hydrogens (primary N) is 1. The van der Waals surface area contributed by atoms with Crippen LogP contribution in [-0.4, -0.2) is 63.9 Å². The van der Waals surface area contributed by atoms with Crippen molar-refractivity contribution in [3.63, 3.8) is 0 Å². The summed E-state index contributed by atoms with van der Waals surface area (Å²) in [5.74, 6) is 0.664. The van der Waals surface area contributed by atoms with Gasteiger partial charge in [0.1, 0.15) is 17.7 Å². The minimum absolute atomic E-state index is 0.0377. The van der Waals surface area contributed by atoms with Crippen molar-refractivity contribution < 1.29 is 14.9 Å². The minimum Gasteiger partial charge on any atom is -0.388 e. The van der Waals surface area contributed by atoms with Gasteiger partial charge in [-0.25, -0.2) is 4.98 Å². The number of aromatic nitrogens is 6. The van der Waals surface area contributed by atoms with Gasteiger partial charge in [-0.15, -0.1) is 0 Å². The third kappa shape index (κ3) is 4.54. The molecule has 0 bridgehead atoms. The van der Waals surface area contributed by atoms with E-state index in [2.05, 4.69) is 32.5 Å². The Bertz CT molecular complexity index is 1370. The molecule has 0 aliphatic heterocycles. The molecule has 11 nitrogen and oxygen atoms in total.